The van der Waals surface area contributed by atoms with E-state index < -0.39 is 83.8 Å². The van der Waals surface area contributed by atoms with Crippen molar-refractivity contribution in [2.45, 2.75) is 73.6 Å². The van der Waals surface area contributed by atoms with Crippen molar-refractivity contribution >= 4 is 10.1 Å². The normalized spacial score (nSPS) is 23.8. The Morgan fingerprint density at radius 1 is 0.433 bits per heavy atom. The molecule has 0 spiro atoms. The number of alkyl halides is 13. The van der Waals surface area contributed by atoms with Crippen molar-refractivity contribution in [1.29, 1.82) is 0 Å². The summed E-state index contributed by atoms with van der Waals surface area (Å²) in [6.07, 6.45) is -46.3. The third kappa shape index (κ3) is 8.16. The molecule has 0 aliphatic heterocycles. The average Bonchev–Trinajstić information content (AvgIpc) is 2.66. The van der Waals surface area contributed by atoms with Crippen molar-refractivity contribution in [2.24, 2.45) is 0 Å². The summed E-state index contributed by atoms with van der Waals surface area (Å²) in [5.74, 6) is 0. The third-order valence-corrected chi connectivity index (χ3v) is 4.32. The van der Waals surface area contributed by atoms with Crippen LogP contribution in [0, 0.1) is 0 Å². The maximum atomic E-state index is 13.4. The maximum absolute atomic E-state index is 13.4. The van der Waals surface area contributed by atoms with E-state index in [1.54, 1.807) is 0 Å². The van der Waals surface area contributed by atoms with Gasteiger partial charge in [-0.15, -0.1) is 0 Å². The molecule has 11 unspecified atom stereocenters. The largest absolute Gasteiger partial charge is 1.00 e. The quantitative estimate of drug-likeness (QED) is 0.220. The second-order valence-corrected chi connectivity index (χ2v) is 7.06. The second kappa shape index (κ2) is 12.9. The van der Waals surface area contributed by atoms with Crippen LogP contribution < -0.4 is 29.6 Å². The first-order valence-electron chi connectivity index (χ1n) is 7.24. The number of hydrogen-bond acceptors (Lipinski definition) is 3. The summed E-state index contributed by atoms with van der Waals surface area (Å²) in [5.41, 5.74) is -4.30. The van der Waals surface area contributed by atoms with Crippen molar-refractivity contribution in [3.05, 3.63) is 0 Å². The molecule has 0 aromatic heterocycles. The zero-order chi connectivity index (χ0) is 23.4. The van der Waals surface area contributed by atoms with E-state index in [0.29, 0.717) is 0 Å². The minimum atomic E-state index is -6.23. The van der Waals surface area contributed by atoms with Crippen LogP contribution in [0.4, 0.5) is 57.1 Å². The van der Waals surface area contributed by atoms with Crippen LogP contribution in [0.25, 0.3) is 0 Å². The SMILES string of the molecule is O=S(=O)([O-])C(F)C(F)C(F)C(F)C(F)C(F)C(F)C(F)C(F)C(F)C(F)C(F)F.[Na+]. The standard InChI is InChI=1S/C12H13F13O3S.Na/c13-1(3(15)5(17)7(19)9(21)11(23)24)2(14)4(16)6(18)8(20)10(22)12(25)29(26,27)28;/h1-12H,(H,26,27,28);/q;+1/p-1. The Balaban J connectivity index is 0. The predicted octanol–water partition coefficient (Wildman–Crippen LogP) is 0.477. The molecule has 11 atom stereocenters. The Bertz CT molecular complexity index is 602. The molecule has 0 radical (unpaired) electrons. The molecule has 0 bridgehead atoms. The van der Waals surface area contributed by atoms with Crippen LogP contribution in [-0.2, 0) is 10.1 Å². The van der Waals surface area contributed by atoms with Crippen molar-refractivity contribution < 1.29 is 99.6 Å². The summed E-state index contributed by atoms with van der Waals surface area (Å²) in [6, 6.07) is 0. The molecule has 0 aromatic carbocycles. The summed E-state index contributed by atoms with van der Waals surface area (Å²) in [4.78, 5) is 0. The van der Waals surface area contributed by atoms with E-state index >= 15 is 0 Å². The number of rotatable bonds is 12. The molecule has 0 aliphatic carbocycles. The minimum Gasteiger partial charge on any atom is -0.746 e. The van der Waals surface area contributed by atoms with Crippen molar-refractivity contribution in [3.63, 3.8) is 0 Å². The molecule has 0 aliphatic rings. The number of halogens is 13. The van der Waals surface area contributed by atoms with Crippen LogP contribution in [0.1, 0.15) is 0 Å². The summed E-state index contributed by atoms with van der Waals surface area (Å²) in [7, 11) is -6.23. The van der Waals surface area contributed by atoms with Crippen LogP contribution in [0.3, 0.4) is 0 Å². The Labute approximate surface area is 183 Å². The molecule has 0 heterocycles. The van der Waals surface area contributed by atoms with Gasteiger partial charge in [-0.25, -0.2) is 65.5 Å². The van der Waals surface area contributed by atoms with Gasteiger partial charge in [-0.1, -0.05) is 0 Å². The van der Waals surface area contributed by atoms with Crippen LogP contribution in [0.15, 0.2) is 0 Å². The van der Waals surface area contributed by atoms with Crippen molar-refractivity contribution in [2.75, 3.05) is 0 Å². The Hall–Kier alpha value is -0.000000000000000444. The van der Waals surface area contributed by atoms with Crippen molar-refractivity contribution in [1.82, 2.24) is 0 Å². The molecule has 0 amide bonds. The van der Waals surface area contributed by atoms with Crippen molar-refractivity contribution in [3.8, 4) is 0 Å². The van der Waals surface area contributed by atoms with E-state index in [9.17, 15) is 70.0 Å². The van der Waals surface area contributed by atoms with Gasteiger partial charge >= 0.3 is 29.6 Å². The van der Waals surface area contributed by atoms with Gasteiger partial charge in [0.25, 0.3) is 6.43 Å². The molecule has 0 saturated carbocycles. The van der Waals surface area contributed by atoms with E-state index in [0.717, 1.165) is 0 Å². The van der Waals surface area contributed by atoms with Crippen LogP contribution in [0.5, 0.6) is 0 Å². The fraction of sp³-hybridized carbons (Fsp3) is 1.00. The van der Waals surface area contributed by atoms with Gasteiger partial charge in [0.2, 0.25) is 5.50 Å². The molecular weight excluding hydrogens is 494 g/mol. The van der Waals surface area contributed by atoms with Gasteiger partial charge in [0.15, 0.2) is 61.7 Å². The zero-order valence-electron chi connectivity index (χ0n) is 14.5. The fourth-order valence-electron chi connectivity index (χ4n) is 1.85. The first-order valence-corrected chi connectivity index (χ1v) is 8.71. The van der Waals surface area contributed by atoms with E-state index in [2.05, 4.69) is 0 Å². The van der Waals surface area contributed by atoms with Gasteiger partial charge in [-0.3, -0.25) is 0 Å². The molecule has 0 rings (SSSR count). The van der Waals surface area contributed by atoms with Crippen LogP contribution >= 0.6 is 0 Å². The van der Waals surface area contributed by atoms with Crippen LogP contribution in [0.2, 0.25) is 0 Å². The van der Waals surface area contributed by atoms with Gasteiger partial charge < -0.3 is 4.55 Å². The molecule has 3 nitrogen and oxygen atoms in total. The van der Waals surface area contributed by atoms with E-state index in [4.69, 9.17) is 0 Å². The fourth-order valence-corrected chi connectivity index (χ4v) is 2.32. The van der Waals surface area contributed by atoms with Gasteiger partial charge in [0.1, 0.15) is 10.1 Å². The zero-order valence-corrected chi connectivity index (χ0v) is 17.3. The van der Waals surface area contributed by atoms with Crippen LogP contribution in [-0.4, -0.2) is 86.6 Å². The average molecular weight is 506 g/mol. The van der Waals surface area contributed by atoms with Gasteiger partial charge in [-0.2, -0.15) is 0 Å². The topological polar surface area (TPSA) is 57.2 Å². The third-order valence-electron chi connectivity index (χ3n) is 3.50. The molecule has 0 N–H and O–H groups in total. The first kappa shape index (κ1) is 32.2. The Morgan fingerprint density at radius 3 is 0.833 bits per heavy atom. The van der Waals surface area contributed by atoms with Gasteiger partial charge in [-0.05, 0) is 0 Å². The predicted molar refractivity (Wildman–Crippen MR) is 69.6 cm³/mol. The minimum absolute atomic E-state index is 0. The Kier molecular flexibility index (Phi) is 13.8. The van der Waals surface area contributed by atoms with E-state index in [1.165, 1.54) is 0 Å². The summed E-state index contributed by atoms with van der Waals surface area (Å²) >= 11 is 0. The second-order valence-electron chi connectivity index (χ2n) is 5.62. The van der Waals surface area contributed by atoms with E-state index in [-0.39, 0.29) is 29.6 Å². The summed E-state index contributed by atoms with van der Waals surface area (Å²) < 4.78 is 199. The molecule has 30 heavy (non-hydrogen) atoms. The molecule has 18 heteroatoms. The number of hydrogen-bond donors (Lipinski definition) is 0. The molecular formula is C12H12F13NaO3S. The Morgan fingerprint density at radius 2 is 0.633 bits per heavy atom. The van der Waals surface area contributed by atoms with Gasteiger partial charge in [0.05, 0.1) is 0 Å². The molecule has 0 aromatic rings. The molecule has 176 valence electrons. The molecule has 0 saturated heterocycles. The smallest absolute Gasteiger partial charge is 0.746 e. The summed E-state index contributed by atoms with van der Waals surface area (Å²) in [5, 5.41) is 0. The van der Waals surface area contributed by atoms with E-state index in [1.807, 2.05) is 0 Å². The summed E-state index contributed by atoms with van der Waals surface area (Å²) in [6.45, 7) is 0. The van der Waals surface area contributed by atoms with Gasteiger partial charge in [0, 0.05) is 0 Å². The molecule has 0 fully saturated rings. The monoisotopic (exact) mass is 506 g/mol. The first-order chi connectivity index (χ1) is 13.0. The maximum Gasteiger partial charge on any atom is 1.00 e.